The molecule has 4 atom stereocenters. The molecule has 0 aromatic carbocycles. The van der Waals surface area contributed by atoms with Gasteiger partial charge in [-0.3, -0.25) is 19.6 Å². The predicted molar refractivity (Wildman–Crippen MR) is 107 cm³/mol. The minimum absolute atomic E-state index is 0.0102. The second kappa shape index (κ2) is 8.25. The van der Waals surface area contributed by atoms with E-state index in [0.29, 0.717) is 24.5 Å². The molecule has 142 valence electrons. The summed E-state index contributed by atoms with van der Waals surface area (Å²) in [6, 6.07) is 3.45. The number of piperidine rings is 1. The highest BCUT2D eigenvalue weighted by atomic mass is 32.2. The van der Waals surface area contributed by atoms with Crippen molar-refractivity contribution >= 4 is 28.6 Å². The van der Waals surface area contributed by atoms with E-state index in [1.54, 1.807) is 24.2 Å². The molecular weight excluding hydrogens is 360 g/mol. The van der Waals surface area contributed by atoms with Gasteiger partial charge in [0, 0.05) is 36.2 Å². The fourth-order valence-corrected chi connectivity index (χ4v) is 5.04. The van der Waals surface area contributed by atoms with Gasteiger partial charge in [0.1, 0.15) is 11.1 Å². The van der Waals surface area contributed by atoms with Gasteiger partial charge in [-0.05, 0) is 43.7 Å². The van der Waals surface area contributed by atoms with E-state index in [4.69, 9.17) is 0 Å². The molecule has 2 N–H and O–H groups in total. The zero-order chi connectivity index (χ0) is 18.6. The lowest BCUT2D eigenvalue weighted by Crippen LogP contribution is -2.59. The summed E-state index contributed by atoms with van der Waals surface area (Å²) >= 11 is 1.59. The first kappa shape index (κ1) is 18.2. The maximum atomic E-state index is 12.8. The Labute approximate surface area is 163 Å². The van der Waals surface area contributed by atoms with Crippen LogP contribution in [-0.2, 0) is 9.59 Å². The number of amides is 2. The molecule has 0 radical (unpaired) electrons. The smallest absolute Gasteiger partial charge is 0.246 e. The lowest BCUT2D eigenvalue weighted by atomic mass is 9.81. The van der Waals surface area contributed by atoms with Crippen molar-refractivity contribution in [1.29, 1.82) is 0 Å². The molecule has 2 amide bonds. The van der Waals surface area contributed by atoms with E-state index in [0.717, 1.165) is 29.9 Å². The largest absolute Gasteiger partial charge is 0.351 e. The van der Waals surface area contributed by atoms with E-state index in [9.17, 15) is 9.59 Å². The molecule has 3 aliphatic rings. The van der Waals surface area contributed by atoms with Crippen LogP contribution in [0, 0.1) is 5.92 Å². The van der Waals surface area contributed by atoms with Gasteiger partial charge in [0.15, 0.2) is 0 Å². The summed E-state index contributed by atoms with van der Waals surface area (Å²) in [6.07, 6.45) is 12.1. The molecule has 1 aromatic heterocycles. The molecule has 2 unspecified atom stereocenters. The molecule has 0 spiro atoms. The Hall–Kier alpha value is -2.15. The van der Waals surface area contributed by atoms with E-state index < -0.39 is 0 Å². The van der Waals surface area contributed by atoms with Crippen LogP contribution in [0.3, 0.4) is 0 Å². The lowest BCUT2D eigenvalue weighted by molar-refractivity contribution is -0.128. The van der Waals surface area contributed by atoms with Crippen LogP contribution in [0.1, 0.15) is 37.7 Å². The van der Waals surface area contributed by atoms with Crippen molar-refractivity contribution in [2.45, 2.75) is 50.2 Å². The van der Waals surface area contributed by atoms with Crippen molar-refractivity contribution in [3.8, 4) is 0 Å². The molecule has 6 nitrogen and oxygen atoms in total. The van der Waals surface area contributed by atoms with Gasteiger partial charge in [-0.25, -0.2) is 0 Å². The van der Waals surface area contributed by atoms with Gasteiger partial charge < -0.3 is 10.6 Å². The third-order valence-corrected chi connectivity index (χ3v) is 6.55. The van der Waals surface area contributed by atoms with Crippen molar-refractivity contribution in [3.63, 3.8) is 0 Å². The second-order valence-corrected chi connectivity index (χ2v) is 8.30. The molecule has 7 heteroatoms. The van der Waals surface area contributed by atoms with E-state index in [-0.39, 0.29) is 29.9 Å². The van der Waals surface area contributed by atoms with Crippen molar-refractivity contribution < 1.29 is 9.59 Å². The molecule has 27 heavy (non-hydrogen) atoms. The number of rotatable bonds is 4. The number of pyridine rings is 1. The van der Waals surface area contributed by atoms with Gasteiger partial charge in [0.05, 0.1) is 6.04 Å². The Morgan fingerprint density at radius 1 is 1.30 bits per heavy atom. The minimum atomic E-state index is -0.380. The summed E-state index contributed by atoms with van der Waals surface area (Å²) in [5.41, 5.74) is 0.953. The first-order valence-corrected chi connectivity index (χ1v) is 10.5. The van der Waals surface area contributed by atoms with E-state index >= 15 is 0 Å². The molecule has 0 bridgehead atoms. The maximum absolute atomic E-state index is 12.8. The third-order valence-electron chi connectivity index (χ3n) is 5.45. The topological polar surface area (TPSA) is 83.5 Å². The summed E-state index contributed by atoms with van der Waals surface area (Å²) in [7, 11) is 0. The van der Waals surface area contributed by atoms with Crippen molar-refractivity contribution in [1.82, 2.24) is 15.6 Å². The lowest BCUT2D eigenvalue weighted by Gasteiger charge is -2.38. The summed E-state index contributed by atoms with van der Waals surface area (Å²) in [4.78, 5) is 33.5. The Kier molecular flexibility index (Phi) is 5.57. The maximum Gasteiger partial charge on any atom is 0.246 e. The van der Waals surface area contributed by atoms with Gasteiger partial charge in [-0.1, -0.05) is 12.2 Å². The standard InChI is InChI=1S/C20H24N4O2S/c25-17-9-8-15(18(24-17)13-5-2-1-3-6-13)22-19(26)16-12-27-20(23-16)14-7-4-10-21-11-14/h1-2,4,7,10-11,13,15-16,18H,3,5-6,8-9,12H2,(H,22,26)(H,24,25)/t13?,15-,16?,18+/m1/s1. The molecule has 3 heterocycles. The first-order valence-electron chi connectivity index (χ1n) is 9.56. The number of aromatic nitrogens is 1. The highest BCUT2D eigenvalue weighted by Gasteiger charge is 2.37. The van der Waals surface area contributed by atoms with Crippen LogP contribution in [0.15, 0.2) is 41.7 Å². The third kappa shape index (κ3) is 4.24. The number of hydrogen-bond acceptors (Lipinski definition) is 5. The van der Waals surface area contributed by atoms with Crippen LogP contribution in [-0.4, -0.2) is 45.7 Å². The van der Waals surface area contributed by atoms with Gasteiger partial charge in [0.2, 0.25) is 11.8 Å². The summed E-state index contributed by atoms with van der Waals surface area (Å²) in [5.74, 6) is 1.08. The van der Waals surface area contributed by atoms with E-state index in [2.05, 4.69) is 32.8 Å². The summed E-state index contributed by atoms with van der Waals surface area (Å²) in [5, 5.41) is 7.19. The molecular formula is C20H24N4O2S. The van der Waals surface area contributed by atoms with Gasteiger partial charge in [-0.2, -0.15) is 0 Å². The summed E-state index contributed by atoms with van der Waals surface area (Å²) in [6.45, 7) is 0. The average Bonchev–Trinajstić information content (AvgIpc) is 3.21. The average molecular weight is 385 g/mol. The highest BCUT2D eigenvalue weighted by molar-refractivity contribution is 8.14. The Morgan fingerprint density at radius 2 is 2.22 bits per heavy atom. The fourth-order valence-electron chi connectivity index (χ4n) is 4.01. The number of aliphatic imine (C=N–C) groups is 1. The van der Waals surface area contributed by atoms with Gasteiger partial charge in [0.25, 0.3) is 0 Å². The number of hydrogen-bond donors (Lipinski definition) is 2. The molecule has 1 fully saturated rings. The molecule has 1 aliphatic carbocycles. The van der Waals surface area contributed by atoms with E-state index in [1.807, 2.05) is 12.1 Å². The molecule has 4 rings (SSSR count). The van der Waals surface area contributed by atoms with Crippen LogP contribution in [0.5, 0.6) is 0 Å². The normalized spacial score (nSPS) is 30.5. The number of nitrogens with zero attached hydrogens (tertiary/aromatic N) is 2. The predicted octanol–water partition coefficient (Wildman–Crippen LogP) is 2.06. The zero-order valence-electron chi connectivity index (χ0n) is 15.1. The quantitative estimate of drug-likeness (QED) is 0.779. The van der Waals surface area contributed by atoms with Gasteiger partial charge >= 0.3 is 0 Å². The number of thioether (sulfide) groups is 1. The fraction of sp³-hybridized carbons (Fsp3) is 0.500. The minimum Gasteiger partial charge on any atom is -0.351 e. The first-order chi connectivity index (χ1) is 13.2. The van der Waals surface area contributed by atoms with Crippen molar-refractivity contribution in [2.75, 3.05) is 5.75 Å². The monoisotopic (exact) mass is 384 g/mol. The van der Waals surface area contributed by atoms with Crippen molar-refractivity contribution in [3.05, 3.63) is 42.2 Å². The zero-order valence-corrected chi connectivity index (χ0v) is 16.0. The molecule has 1 aromatic rings. The highest BCUT2D eigenvalue weighted by Crippen LogP contribution is 2.28. The Balaban J connectivity index is 1.42. The number of carbonyl (C=O) groups is 2. The van der Waals surface area contributed by atoms with Crippen LogP contribution >= 0.6 is 11.8 Å². The molecule has 1 saturated heterocycles. The van der Waals surface area contributed by atoms with Gasteiger partial charge in [-0.15, -0.1) is 11.8 Å². The SMILES string of the molecule is O=C1CC[C@@H](NC(=O)C2CSC(c3cccnc3)=N2)[C@H](C2CC=CCC2)N1. The number of carbonyl (C=O) groups excluding carboxylic acids is 2. The number of nitrogens with one attached hydrogen (secondary N) is 2. The van der Waals surface area contributed by atoms with Crippen LogP contribution < -0.4 is 10.6 Å². The van der Waals surface area contributed by atoms with E-state index in [1.165, 1.54) is 0 Å². The Morgan fingerprint density at radius 3 is 3.00 bits per heavy atom. The summed E-state index contributed by atoms with van der Waals surface area (Å²) < 4.78 is 0. The van der Waals surface area contributed by atoms with Crippen LogP contribution in [0.4, 0.5) is 0 Å². The Bertz CT molecular complexity index is 765. The molecule has 2 aliphatic heterocycles. The molecule has 0 saturated carbocycles. The van der Waals surface area contributed by atoms with Crippen LogP contribution in [0.25, 0.3) is 0 Å². The number of allylic oxidation sites excluding steroid dienone is 2. The van der Waals surface area contributed by atoms with Crippen LogP contribution in [0.2, 0.25) is 0 Å². The second-order valence-electron chi connectivity index (χ2n) is 7.29. The van der Waals surface area contributed by atoms with Crippen molar-refractivity contribution in [2.24, 2.45) is 10.9 Å².